The third kappa shape index (κ3) is 3.29. The van der Waals surface area contributed by atoms with Crippen LogP contribution >= 0.6 is 0 Å². The van der Waals surface area contributed by atoms with E-state index in [-0.39, 0.29) is 6.04 Å². The van der Waals surface area contributed by atoms with E-state index < -0.39 is 0 Å². The van der Waals surface area contributed by atoms with Crippen molar-refractivity contribution in [3.63, 3.8) is 0 Å². The average Bonchev–Trinajstić information content (AvgIpc) is 3.17. The molecule has 126 valence electrons. The number of aryl methyl sites for hydroxylation is 2. The lowest BCUT2D eigenvalue weighted by molar-refractivity contribution is 0.221. The highest BCUT2D eigenvalue weighted by molar-refractivity contribution is 5.20. The molecule has 0 unspecified atom stereocenters. The highest BCUT2D eigenvalue weighted by atomic mass is 16.5. The fourth-order valence-corrected chi connectivity index (χ4v) is 3.37. The molecule has 3 rings (SSSR count). The van der Waals surface area contributed by atoms with Gasteiger partial charge in [-0.3, -0.25) is 4.90 Å². The predicted octanol–water partition coefficient (Wildman–Crippen LogP) is 2.98. The fraction of sp³-hybridized carbons (Fsp3) is 0.750. The molecule has 0 radical (unpaired) electrons. The van der Waals surface area contributed by atoms with Gasteiger partial charge >= 0.3 is 0 Å². The van der Waals surface area contributed by atoms with Crippen LogP contribution < -0.4 is 0 Å². The summed E-state index contributed by atoms with van der Waals surface area (Å²) in [4.78, 5) is 2.25. The Morgan fingerprint density at radius 3 is 2.65 bits per heavy atom. The Balaban J connectivity index is 1.75. The number of nitrogens with zero attached hydrogens (tertiary/aromatic N) is 6. The second-order valence-electron chi connectivity index (χ2n) is 6.67. The van der Waals surface area contributed by atoms with Gasteiger partial charge in [-0.25, -0.2) is 4.68 Å². The minimum absolute atomic E-state index is 0.139. The Labute approximate surface area is 137 Å². The molecular formula is C16H26N6O. The van der Waals surface area contributed by atoms with Crippen LogP contribution in [0.25, 0.3) is 0 Å². The van der Waals surface area contributed by atoms with Crippen LogP contribution in [-0.4, -0.2) is 37.3 Å². The second kappa shape index (κ2) is 6.78. The van der Waals surface area contributed by atoms with E-state index >= 15 is 0 Å². The van der Waals surface area contributed by atoms with Gasteiger partial charge in [0.2, 0.25) is 0 Å². The molecule has 0 spiro atoms. The number of hydrogen-bond acceptors (Lipinski definition) is 6. The van der Waals surface area contributed by atoms with E-state index in [1.165, 1.54) is 32.1 Å². The van der Waals surface area contributed by atoms with E-state index in [4.69, 9.17) is 4.52 Å². The Bertz CT molecular complexity index is 623. The van der Waals surface area contributed by atoms with Gasteiger partial charge in [0.25, 0.3) is 0 Å². The van der Waals surface area contributed by atoms with Gasteiger partial charge in [-0.05, 0) is 51.1 Å². The van der Waals surface area contributed by atoms with Crippen molar-refractivity contribution in [1.29, 1.82) is 0 Å². The molecule has 1 aliphatic carbocycles. The molecule has 0 amide bonds. The van der Waals surface area contributed by atoms with Crippen LogP contribution in [0.2, 0.25) is 0 Å². The van der Waals surface area contributed by atoms with Gasteiger partial charge in [-0.2, -0.15) is 0 Å². The summed E-state index contributed by atoms with van der Waals surface area (Å²) < 4.78 is 7.31. The zero-order valence-electron chi connectivity index (χ0n) is 14.5. The summed E-state index contributed by atoms with van der Waals surface area (Å²) in [6, 6.07) is 0.587. The number of aromatic nitrogens is 5. The van der Waals surface area contributed by atoms with Crippen LogP contribution in [0.3, 0.4) is 0 Å². The third-order valence-corrected chi connectivity index (χ3v) is 5.06. The molecule has 2 aromatic heterocycles. The number of tetrazole rings is 1. The molecule has 0 aromatic carbocycles. The van der Waals surface area contributed by atoms with Crippen LogP contribution in [-0.2, 0) is 6.54 Å². The molecule has 1 atom stereocenters. The van der Waals surface area contributed by atoms with Crippen molar-refractivity contribution in [3.05, 3.63) is 22.8 Å². The molecule has 0 bridgehead atoms. The van der Waals surface area contributed by atoms with Crippen LogP contribution in [0.5, 0.6) is 0 Å². The summed E-state index contributed by atoms with van der Waals surface area (Å²) in [5, 5.41) is 16.6. The molecule has 0 saturated heterocycles. The fourth-order valence-electron chi connectivity index (χ4n) is 3.37. The molecule has 7 heteroatoms. The zero-order valence-corrected chi connectivity index (χ0v) is 14.5. The number of rotatable bonds is 5. The summed E-state index contributed by atoms with van der Waals surface area (Å²) in [6.45, 7) is 6.87. The van der Waals surface area contributed by atoms with Gasteiger partial charge in [0.1, 0.15) is 5.76 Å². The van der Waals surface area contributed by atoms with E-state index in [9.17, 15) is 0 Å². The van der Waals surface area contributed by atoms with E-state index in [2.05, 4.69) is 39.6 Å². The van der Waals surface area contributed by atoms with E-state index in [0.29, 0.717) is 6.04 Å². The molecule has 1 saturated carbocycles. The smallest absolute Gasteiger partial charge is 0.168 e. The lowest BCUT2D eigenvalue weighted by Crippen LogP contribution is -2.27. The summed E-state index contributed by atoms with van der Waals surface area (Å²) in [6.07, 6.45) is 6.23. The molecule has 2 aromatic rings. The van der Waals surface area contributed by atoms with Crippen LogP contribution in [0.1, 0.15) is 74.0 Å². The van der Waals surface area contributed by atoms with E-state index in [1.54, 1.807) is 0 Å². The molecule has 1 aliphatic rings. The molecular weight excluding hydrogens is 292 g/mol. The average molecular weight is 318 g/mol. The van der Waals surface area contributed by atoms with Crippen molar-refractivity contribution in [1.82, 2.24) is 30.3 Å². The van der Waals surface area contributed by atoms with Gasteiger partial charge in [-0.1, -0.05) is 24.4 Å². The van der Waals surface area contributed by atoms with Crippen LogP contribution in [0.15, 0.2) is 4.52 Å². The second-order valence-corrected chi connectivity index (χ2v) is 6.67. The first-order valence-corrected chi connectivity index (χ1v) is 8.47. The maximum absolute atomic E-state index is 5.26. The quantitative estimate of drug-likeness (QED) is 0.844. The minimum atomic E-state index is 0.139. The molecule has 2 heterocycles. The highest BCUT2D eigenvalue weighted by Crippen LogP contribution is 2.30. The molecule has 7 nitrogen and oxygen atoms in total. The van der Waals surface area contributed by atoms with Crippen LogP contribution in [0, 0.1) is 13.8 Å². The monoisotopic (exact) mass is 318 g/mol. The van der Waals surface area contributed by atoms with Crippen LogP contribution in [0.4, 0.5) is 0 Å². The normalized spacial score (nSPS) is 17.8. The van der Waals surface area contributed by atoms with Crippen molar-refractivity contribution in [2.45, 2.75) is 71.5 Å². The van der Waals surface area contributed by atoms with Gasteiger partial charge in [0.15, 0.2) is 5.82 Å². The van der Waals surface area contributed by atoms with Gasteiger partial charge in [0.05, 0.1) is 17.8 Å². The Hall–Kier alpha value is -1.76. The summed E-state index contributed by atoms with van der Waals surface area (Å²) in [7, 11) is 2.09. The Kier molecular flexibility index (Phi) is 4.75. The van der Waals surface area contributed by atoms with E-state index in [1.807, 2.05) is 18.5 Å². The lowest BCUT2D eigenvalue weighted by atomic mass is 9.95. The topological polar surface area (TPSA) is 72.9 Å². The predicted molar refractivity (Wildman–Crippen MR) is 85.8 cm³/mol. The first kappa shape index (κ1) is 16.1. The van der Waals surface area contributed by atoms with Gasteiger partial charge in [-0.15, -0.1) is 5.10 Å². The van der Waals surface area contributed by atoms with Crippen molar-refractivity contribution >= 4 is 0 Å². The van der Waals surface area contributed by atoms with E-state index in [0.717, 1.165) is 29.4 Å². The summed E-state index contributed by atoms with van der Waals surface area (Å²) in [5.41, 5.74) is 2.10. The zero-order chi connectivity index (χ0) is 16.4. The maximum Gasteiger partial charge on any atom is 0.168 e. The minimum Gasteiger partial charge on any atom is -0.361 e. The first-order chi connectivity index (χ1) is 11.1. The van der Waals surface area contributed by atoms with Gasteiger partial charge in [0, 0.05) is 12.1 Å². The Morgan fingerprint density at radius 2 is 2.00 bits per heavy atom. The molecule has 1 fully saturated rings. The van der Waals surface area contributed by atoms with Crippen molar-refractivity contribution in [3.8, 4) is 0 Å². The maximum atomic E-state index is 5.26. The standard InChI is InChI=1S/C16H26N6O/c1-11-15(13(3)23-18-11)10-21(4)12(2)16-17-19-20-22(16)14-8-6-5-7-9-14/h12,14H,5-10H2,1-4H3/t12-/m0/s1. The Morgan fingerprint density at radius 1 is 1.26 bits per heavy atom. The molecule has 0 aliphatic heterocycles. The lowest BCUT2D eigenvalue weighted by Gasteiger charge is -2.27. The first-order valence-electron chi connectivity index (χ1n) is 8.47. The molecule has 0 N–H and O–H groups in total. The SMILES string of the molecule is Cc1noc(C)c1CN(C)[C@@H](C)c1nnnn1C1CCCCC1. The van der Waals surface area contributed by atoms with Crippen molar-refractivity contribution in [2.24, 2.45) is 0 Å². The van der Waals surface area contributed by atoms with Crippen molar-refractivity contribution < 1.29 is 4.52 Å². The van der Waals surface area contributed by atoms with Gasteiger partial charge < -0.3 is 4.52 Å². The number of hydrogen-bond donors (Lipinski definition) is 0. The summed E-state index contributed by atoms with van der Waals surface area (Å²) >= 11 is 0. The third-order valence-electron chi connectivity index (χ3n) is 5.06. The molecule has 23 heavy (non-hydrogen) atoms. The largest absolute Gasteiger partial charge is 0.361 e. The highest BCUT2D eigenvalue weighted by Gasteiger charge is 2.25. The van der Waals surface area contributed by atoms with Crippen molar-refractivity contribution in [2.75, 3.05) is 7.05 Å². The summed E-state index contributed by atoms with van der Waals surface area (Å²) in [5.74, 6) is 1.83.